The molecule has 8 heteroatoms. The van der Waals surface area contributed by atoms with E-state index in [2.05, 4.69) is 15.0 Å². The zero-order valence-corrected chi connectivity index (χ0v) is 12.9. The molecule has 2 N–H and O–H groups in total. The molecule has 0 spiro atoms. The molecule has 0 saturated carbocycles. The first-order valence-corrected chi connectivity index (χ1v) is 8.59. The van der Waals surface area contributed by atoms with Crippen LogP contribution in [0.5, 0.6) is 0 Å². The molecule has 2 rings (SSSR count). The minimum absolute atomic E-state index is 0.129. The lowest BCUT2D eigenvalue weighted by atomic mass is 10.3. The van der Waals surface area contributed by atoms with Gasteiger partial charge in [0.15, 0.2) is 0 Å². The Hall–Kier alpha value is -1.77. The van der Waals surface area contributed by atoms with Crippen LogP contribution in [-0.2, 0) is 21.4 Å². The molecule has 0 aliphatic heterocycles. The lowest BCUT2D eigenvalue weighted by Crippen LogP contribution is -2.44. The number of nitrogens with one attached hydrogen (secondary N) is 2. The van der Waals surface area contributed by atoms with Crippen LogP contribution >= 0.6 is 11.3 Å². The highest BCUT2D eigenvalue weighted by atomic mass is 32.2. The molecule has 0 bridgehead atoms. The van der Waals surface area contributed by atoms with E-state index in [9.17, 15) is 13.2 Å². The van der Waals surface area contributed by atoms with E-state index in [1.165, 1.54) is 30.4 Å². The number of sulfonamides is 1. The summed E-state index contributed by atoms with van der Waals surface area (Å²) in [7, 11) is -3.70. The van der Waals surface area contributed by atoms with E-state index >= 15 is 0 Å². The number of hydrogen-bond acceptors (Lipinski definition) is 5. The summed E-state index contributed by atoms with van der Waals surface area (Å²) < 4.78 is 26.5. The summed E-state index contributed by atoms with van der Waals surface area (Å²) in [5.41, 5.74) is 0. The highest BCUT2D eigenvalue weighted by molar-refractivity contribution is 7.89. The maximum Gasteiger partial charge on any atom is 0.241 e. The minimum Gasteiger partial charge on any atom is -0.348 e. The van der Waals surface area contributed by atoms with Crippen LogP contribution in [0.15, 0.2) is 46.8 Å². The van der Waals surface area contributed by atoms with E-state index in [1.807, 2.05) is 5.38 Å². The Morgan fingerprint density at radius 3 is 2.67 bits per heavy atom. The third-order valence-electron chi connectivity index (χ3n) is 2.68. The Morgan fingerprint density at radius 2 is 2.05 bits per heavy atom. The van der Waals surface area contributed by atoms with E-state index in [4.69, 9.17) is 0 Å². The van der Waals surface area contributed by atoms with E-state index in [-0.39, 0.29) is 11.4 Å². The van der Waals surface area contributed by atoms with Crippen LogP contribution in [0.3, 0.4) is 0 Å². The molecule has 0 radical (unpaired) electrons. The summed E-state index contributed by atoms with van der Waals surface area (Å²) >= 11 is 1.42. The highest BCUT2D eigenvalue weighted by Gasteiger charge is 2.21. The molecular weight excluding hydrogens is 310 g/mol. The number of thiazole rings is 1. The molecule has 2 aromatic rings. The molecular formula is C13H15N3O3S2. The van der Waals surface area contributed by atoms with Gasteiger partial charge in [0.25, 0.3) is 0 Å². The second-order valence-corrected chi connectivity index (χ2v) is 6.99. The van der Waals surface area contributed by atoms with E-state index < -0.39 is 22.0 Å². The first-order valence-electron chi connectivity index (χ1n) is 6.22. The van der Waals surface area contributed by atoms with Crippen LogP contribution in [0.2, 0.25) is 0 Å². The van der Waals surface area contributed by atoms with Gasteiger partial charge in [0, 0.05) is 11.6 Å². The number of amides is 1. The van der Waals surface area contributed by atoms with Crippen LogP contribution in [-0.4, -0.2) is 25.4 Å². The lowest BCUT2D eigenvalue weighted by Gasteiger charge is -2.14. The second kappa shape index (κ2) is 6.79. The van der Waals surface area contributed by atoms with Crippen molar-refractivity contribution < 1.29 is 13.2 Å². The molecule has 0 fully saturated rings. The zero-order valence-electron chi connectivity index (χ0n) is 11.3. The van der Waals surface area contributed by atoms with Crippen molar-refractivity contribution in [1.82, 2.24) is 15.0 Å². The quantitative estimate of drug-likeness (QED) is 0.833. The van der Waals surface area contributed by atoms with Crippen molar-refractivity contribution >= 4 is 27.3 Å². The first kappa shape index (κ1) is 15.6. The normalized spacial score (nSPS) is 12.8. The molecule has 21 heavy (non-hydrogen) atoms. The van der Waals surface area contributed by atoms with Gasteiger partial charge in [0.2, 0.25) is 15.9 Å². The standard InChI is InChI=1S/C13H15N3O3S2/c1-10(13(17)15-9-12-14-7-8-20-12)16-21(18,19)11-5-3-2-4-6-11/h2-8,10,16H,9H2,1H3,(H,15,17)/t10-/m0/s1. The SMILES string of the molecule is C[C@H](NS(=O)(=O)c1ccccc1)C(=O)NCc1nccs1. The van der Waals surface area contributed by atoms with Gasteiger partial charge in [-0.15, -0.1) is 11.3 Å². The maximum atomic E-state index is 12.1. The average Bonchev–Trinajstić information content (AvgIpc) is 2.98. The number of aromatic nitrogens is 1. The lowest BCUT2D eigenvalue weighted by molar-refractivity contribution is -0.122. The monoisotopic (exact) mass is 325 g/mol. The molecule has 0 aliphatic rings. The third-order valence-corrected chi connectivity index (χ3v) is 5.01. The topological polar surface area (TPSA) is 88.2 Å². The molecule has 1 heterocycles. The molecule has 112 valence electrons. The summed E-state index contributed by atoms with van der Waals surface area (Å²) in [4.78, 5) is 16.1. The molecule has 1 amide bonds. The van der Waals surface area contributed by atoms with Crippen molar-refractivity contribution in [1.29, 1.82) is 0 Å². The first-order chi connectivity index (χ1) is 9.99. The Balaban J connectivity index is 1.94. The molecule has 6 nitrogen and oxygen atoms in total. The zero-order chi connectivity index (χ0) is 15.3. The van der Waals surface area contributed by atoms with Gasteiger partial charge in [-0.25, -0.2) is 13.4 Å². The molecule has 0 saturated heterocycles. The molecule has 0 unspecified atom stereocenters. The number of carbonyl (C=O) groups is 1. The summed E-state index contributed by atoms with van der Waals surface area (Å²) in [6.07, 6.45) is 1.65. The summed E-state index contributed by atoms with van der Waals surface area (Å²) in [6.45, 7) is 1.78. The summed E-state index contributed by atoms with van der Waals surface area (Å²) in [5, 5.41) is 5.21. The molecule has 1 atom stereocenters. The van der Waals surface area contributed by atoms with Crippen LogP contribution in [0.4, 0.5) is 0 Å². The maximum absolute atomic E-state index is 12.1. The predicted molar refractivity (Wildman–Crippen MR) is 80.2 cm³/mol. The van der Waals surface area contributed by atoms with Crippen molar-refractivity contribution in [3.63, 3.8) is 0 Å². The summed E-state index contributed by atoms with van der Waals surface area (Å²) in [5.74, 6) is -0.398. The summed E-state index contributed by atoms with van der Waals surface area (Å²) in [6, 6.07) is 7.06. The number of nitrogens with zero attached hydrogens (tertiary/aromatic N) is 1. The Bertz CT molecular complexity index is 685. The fourth-order valence-corrected chi connectivity index (χ4v) is 3.39. The van der Waals surface area contributed by atoms with Gasteiger partial charge >= 0.3 is 0 Å². The van der Waals surface area contributed by atoms with Gasteiger partial charge < -0.3 is 5.32 Å². The number of carbonyl (C=O) groups excluding carboxylic acids is 1. The van der Waals surface area contributed by atoms with Gasteiger partial charge in [-0.05, 0) is 19.1 Å². The van der Waals surface area contributed by atoms with E-state index in [0.29, 0.717) is 0 Å². The largest absolute Gasteiger partial charge is 0.348 e. The second-order valence-electron chi connectivity index (χ2n) is 4.30. The van der Waals surface area contributed by atoms with Gasteiger partial charge in [-0.2, -0.15) is 4.72 Å². The fourth-order valence-electron chi connectivity index (χ4n) is 1.61. The number of benzene rings is 1. The van der Waals surface area contributed by atoms with Crippen LogP contribution in [0, 0.1) is 0 Å². The third kappa shape index (κ3) is 4.35. The number of rotatable bonds is 6. The van der Waals surface area contributed by atoms with Crippen LogP contribution in [0.25, 0.3) is 0 Å². The van der Waals surface area contributed by atoms with Crippen molar-refractivity contribution in [2.45, 2.75) is 24.4 Å². The van der Waals surface area contributed by atoms with Gasteiger partial charge in [0.05, 0.1) is 17.5 Å². The van der Waals surface area contributed by atoms with Gasteiger partial charge in [0.1, 0.15) is 5.01 Å². The van der Waals surface area contributed by atoms with Crippen molar-refractivity contribution in [3.05, 3.63) is 46.9 Å². The molecule has 1 aromatic carbocycles. The van der Waals surface area contributed by atoms with Crippen LogP contribution < -0.4 is 10.0 Å². The fraction of sp³-hybridized carbons (Fsp3) is 0.231. The Labute approximate surface area is 127 Å². The van der Waals surface area contributed by atoms with E-state index in [1.54, 1.807) is 24.4 Å². The van der Waals surface area contributed by atoms with Gasteiger partial charge in [-0.1, -0.05) is 18.2 Å². The average molecular weight is 325 g/mol. The highest BCUT2D eigenvalue weighted by Crippen LogP contribution is 2.08. The molecule has 1 aromatic heterocycles. The van der Waals surface area contributed by atoms with Gasteiger partial charge in [-0.3, -0.25) is 4.79 Å². The molecule has 0 aliphatic carbocycles. The van der Waals surface area contributed by atoms with Crippen molar-refractivity contribution in [3.8, 4) is 0 Å². The van der Waals surface area contributed by atoms with Crippen LogP contribution in [0.1, 0.15) is 11.9 Å². The van der Waals surface area contributed by atoms with Crippen molar-refractivity contribution in [2.75, 3.05) is 0 Å². The predicted octanol–water partition coefficient (Wildman–Crippen LogP) is 1.13. The smallest absolute Gasteiger partial charge is 0.241 e. The number of hydrogen-bond donors (Lipinski definition) is 2. The van der Waals surface area contributed by atoms with Crippen molar-refractivity contribution in [2.24, 2.45) is 0 Å². The Morgan fingerprint density at radius 1 is 1.33 bits per heavy atom. The Kier molecular flexibility index (Phi) is 5.05. The minimum atomic E-state index is -3.70. The van der Waals surface area contributed by atoms with E-state index in [0.717, 1.165) is 5.01 Å².